The third kappa shape index (κ3) is 5.07. The maximum absolute atomic E-state index is 13.4. The Hall–Kier alpha value is -3.65. The van der Waals surface area contributed by atoms with E-state index in [1.165, 1.54) is 22.2 Å². The summed E-state index contributed by atoms with van der Waals surface area (Å²) in [6.07, 6.45) is 2.08. The summed E-state index contributed by atoms with van der Waals surface area (Å²) in [4.78, 5) is 32.3. The summed E-state index contributed by atoms with van der Waals surface area (Å²) in [7, 11) is 3.18. The summed E-state index contributed by atoms with van der Waals surface area (Å²) < 4.78 is 12.0. The number of amides is 1. The van der Waals surface area contributed by atoms with E-state index in [4.69, 9.17) is 9.47 Å². The molecule has 0 bridgehead atoms. The highest BCUT2D eigenvalue weighted by atomic mass is 32.1. The van der Waals surface area contributed by atoms with Gasteiger partial charge in [0.05, 0.1) is 25.9 Å². The first-order chi connectivity index (χ1) is 16.8. The molecule has 2 heterocycles. The molecular weight excluding hydrogens is 462 g/mol. The van der Waals surface area contributed by atoms with Gasteiger partial charge in [0, 0.05) is 17.0 Å². The highest BCUT2D eigenvalue weighted by Crippen LogP contribution is 2.37. The Labute approximate surface area is 208 Å². The van der Waals surface area contributed by atoms with Crippen LogP contribution in [0.3, 0.4) is 0 Å². The number of benzene rings is 2. The van der Waals surface area contributed by atoms with Crippen LogP contribution in [0.4, 0.5) is 0 Å². The van der Waals surface area contributed by atoms with Gasteiger partial charge in [-0.3, -0.25) is 14.2 Å². The number of fused-ring (bicyclic) bond motifs is 1. The largest absolute Gasteiger partial charge is 0.493 e. The lowest BCUT2D eigenvalue weighted by atomic mass is 9.97. The zero-order chi connectivity index (χ0) is 25.1. The van der Waals surface area contributed by atoms with E-state index in [1.54, 1.807) is 14.2 Å². The fourth-order valence-corrected chi connectivity index (χ4v) is 5.17. The van der Waals surface area contributed by atoms with Gasteiger partial charge in [0.2, 0.25) is 5.91 Å². The van der Waals surface area contributed by atoms with Gasteiger partial charge in [-0.1, -0.05) is 29.8 Å². The Kier molecular flexibility index (Phi) is 7.21. The number of aryl methyl sites for hydroxylation is 3. The molecule has 0 saturated carbocycles. The number of hydrogen-bond acceptors (Lipinski definition) is 6. The van der Waals surface area contributed by atoms with Crippen LogP contribution in [0.25, 0.3) is 21.3 Å². The lowest BCUT2D eigenvalue weighted by Gasteiger charge is -2.11. The van der Waals surface area contributed by atoms with E-state index < -0.39 is 0 Å². The van der Waals surface area contributed by atoms with E-state index in [9.17, 15) is 9.59 Å². The molecule has 0 aliphatic carbocycles. The van der Waals surface area contributed by atoms with Gasteiger partial charge < -0.3 is 14.8 Å². The lowest BCUT2D eigenvalue weighted by molar-refractivity contribution is -0.121. The monoisotopic (exact) mass is 491 g/mol. The Bertz CT molecular complexity index is 1460. The maximum atomic E-state index is 13.4. The molecule has 7 nitrogen and oxygen atoms in total. The van der Waals surface area contributed by atoms with Crippen molar-refractivity contribution < 1.29 is 14.3 Å². The number of hydrogen-bond donors (Lipinski definition) is 1. The SMILES string of the molecule is COc1ccc(CCNC(=O)Cn2cnc3sc(C)c(-c4cc(C)ccc4C)c3c2=O)cc1OC. The van der Waals surface area contributed by atoms with Crippen molar-refractivity contribution in [2.45, 2.75) is 33.7 Å². The molecule has 0 atom stereocenters. The summed E-state index contributed by atoms with van der Waals surface area (Å²) in [5.41, 5.74) is 4.97. The lowest BCUT2D eigenvalue weighted by Crippen LogP contribution is -2.33. The summed E-state index contributed by atoms with van der Waals surface area (Å²) in [6, 6.07) is 11.9. The molecule has 0 aliphatic heterocycles. The molecule has 0 unspecified atom stereocenters. The van der Waals surface area contributed by atoms with Gasteiger partial charge in [-0.15, -0.1) is 11.3 Å². The number of thiophene rings is 1. The van der Waals surface area contributed by atoms with Gasteiger partial charge in [-0.05, 0) is 56.0 Å². The molecular formula is C27H29N3O4S. The Balaban J connectivity index is 1.52. The minimum absolute atomic E-state index is 0.0885. The Morgan fingerprint density at radius 1 is 1.06 bits per heavy atom. The van der Waals surface area contributed by atoms with Crippen molar-refractivity contribution in [3.05, 3.63) is 74.6 Å². The Morgan fingerprint density at radius 3 is 2.57 bits per heavy atom. The predicted octanol–water partition coefficient (Wildman–Crippen LogP) is 4.43. The molecule has 0 spiro atoms. The quantitative estimate of drug-likeness (QED) is 0.394. The predicted molar refractivity (Wildman–Crippen MR) is 140 cm³/mol. The molecule has 35 heavy (non-hydrogen) atoms. The van der Waals surface area contributed by atoms with E-state index in [2.05, 4.69) is 28.5 Å². The normalized spacial score (nSPS) is 11.0. The molecule has 8 heteroatoms. The summed E-state index contributed by atoms with van der Waals surface area (Å²) in [6.45, 7) is 6.43. The highest BCUT2D eigenvalue weighted by Gasteiger charge is 2.19. The molecule has 2 aromatic heterocycles. The first-order valence-corrected chi connectivity index (χ1v) is 12.2. The molecule has 0 saturated heterocycles. The number of nitrogens with zero attached hydrogens (tertiary/aromatic N) is 2. The number of nitrogens with one attached hydrogen (secondary N) is 1. The van der Waals surface area contributed by atoms with Crippen LogP contribution in [0.5, 0.6) is 11.5 Å². The third-order valence-corrected chi connectivity index (χ3v) is 7.03. The number of methoxy groups -OCH3 is 2. The van der Waals surface area contributed by atoms with Gasteiger partial charge >= 0.3 is 0 Å². The van der Waals surface area contributed by atoms with Crippen molar-refractivity contribution in [1.82, 2.24) is 14.9 Å². The number of rotatable bonds is 8. The minimum Gasteiger partial charge on any atom is -0.493 e. The summed E-state index contributed by atoms with van der Waals surface area (Å²) in [5, 5.41) is 3.46. The van der Waals surface area contributed by atoms with Gasteiger partial charge in [0.1, 0.15) is 11.4 Å². The second-order valence-corrected chi connectivity index (χ2v) is 9.70. The standard InChI is InChI=1S/C27H29N3O4S/c1-16-6-7-17(2)20(12-16)24-18(3)35-26-25(24)27(32)30(15-29-26)14-23(31)28-11-10-19-8-9-21(33-4)22(13-19)34-5/h6-9,12-13,15H,10-11,14H2,1-5H3,(H,28,31). The fraction of sp³-hybridized carbons (Fsp3) is 0.296. The first kappa shape index (κ1) is 24.5. The van der Waals surface area contributed by atoms with E-state index in [-0.39, 0.29) is 18.0 Å². The molecule has 4 rings (SSSR count). The van der Waals surface area contributed by atoms with Crippen LogP contribution >= 0.6 is 11.3 Å². The fourth-order valence-electron chi connectivity index (χ4n) is 4.17. The van der Waals surface area contributed by atoms with Crippen LogP contribution in [0.15, 0.2) is 47.5 Å². The van der Waals surface area contributed by atoms with Crippen molar-refractivity contribution in [2.75, 3.05) is 20.8 Å². The van der Waals surface area contributed by atoms with Crippen molar-refractivity contribution in [3.8, 4) is 22.6 Å². The van der Waals surface area contributed by atoms with E-state index in [0.717, 1.165) is 32.7 Å². The molecule has 4 aromatic rings. The van der Waals surface area contributed by atoms with Crippen molar-refractivity contribution in [3.63, 3.8) is 0 Å². The smallest absolute Gasteiger partial charge is 0.263 e. The van der Waals surface area contributed by atoms with Gasteiger partial charge in [-0.25, -0.2) is 4.98 Å². The Morgan fingerprint density at radius 2 is 1.83 bits per heavy atom. The molecule has 1 amide bonds. The number of carbonyl (C=O) groups is 1. The first-order valence-electron chi connectivity index (χ1n) is 11.4. The van der Waals surface area contributed by atoms with Crippen LogP contribution in [-0.4, -0.2) is 36.2 Å². The summed E-state index contributed by atoms with van der Waals surface area (Å²) >= 11 is 1.50. The number of aromatic nitrogens is 2. The zero-order valence-corrected chi connectivity index (χ0v) is 21.4. The van der Waals surface area contributed by atoms with E-state index >= 15 is 0 Å². The van der Waals surface area contributed by atoms with Crippen LogP contribution in [0.2, 0.25) is 0 Å². The summed E-state index contributed by atoms with van der Waals surface area (Å²) in [5.74, 6) is 1.06. The maximum Gasteiger partial charge on any atom is 0.263 e. The van der Waals surface area contributed by atoms with E-state index in [1.807, 2.05) is 39.0 Å². The van der Waals surface area contributed by atoms with Gasteiger partial charge in [0.25, 0.3) is 5.56 Å². The van der Waals surface area contributed by atoms with Crippen LogP contribution in [-0.2, 0) is 17.8 Å². The third-order valence-electron chi connectivity index (χ3n) is 6.01. The molecule has 1 N–H and O–H groups in total. The van der Waals surface area contributed by atoms with Crippen LogP contribution in [0.1, 0.15) is 21.6 Å². The van der Waals surface area contributed by atoms with Crippen LogP contribution < -0.4 is 20.3 Å². The van der Waals surface area contributed by atoms with Gasteiger partial charge in [0.15, 0.2) is 11.5 Å². The number of ether oxygens (including phenoxy) is 2. The van der Waals surface area contributed by atoms with Crippen LogP contribution in [0, 0.1) is 20.8 Å². The topological polar surface area (TPSA) is 82.5 Å². The second-order valence-electron chi connectivity index (χ2n) is 8.50. The van der Waals surface area contributed by atoms with E-state index in [0.29, 0.717) is 34.7 Å². The van der Waals surface area contributed by atoms with Crippen molar-refractivity contribution >= 4 is 27.5 Å². The number of carbonyl (C=O) groups excluding carboxylic acids is 1. The molecule has 2 aromatic carbocycles. The molecule has 0 radical (unpaired) electrons. The highest BCUT2D eigenvalue weighted by molar-refractivity contribution is 7.19. The van der Waals surface area contributed by atoms with Crippen molar-refractivity contribution in [2.24, 2.45) is 0 Å². The zero-order valence-electron chi connectivity index (χ0n) is 20.6. The van der Waals surface area contributed by atoms with Crippen molar-refractivity contribution in [1.29, 1.82) is 0 Å². The second kappa shape index (κ2) is 10.3. The van der Waals surface area contributed by atoms with Gasteiger partial charge in [-0.2, -0.15) is 0 Å². The molecule has 0 aliphatic rings. The molecule has 182 valence electrons. The average molecular weight is 492 g/mol. The average Bonchev–Trinajstić information content (AvgIpc) is 3.18. The molecule has 0 fully saturated rings. The minimum atomic E-state index is -0.242.